The second-order valence-corrected chi connectivity index (χ2v) is 6.54. The van der Waals surface area contributed by atoms with Crippen LogP contribution < -0.4 is 19.5 Å². The van der Waals surface area contributed by atoms with Gasteiger partial charge in [0.15, 0.2) is 17.3 Å². The number of methoxy groups -OCH3 is 3. The summed E-state index contributed by atoms with van der Waals surface area (Å²) < 4.78 is 26.7. The number of amides is 1. The molecule has 9 nitrogen and oxygen atoms in total. The van der Waals surface area contributed by atoms with Gasteiger partial charge in [-0.2, -0.15) is 4.98 Å². The maximum atomic E-state index is 12.4. The van der Waals surface area contributed by atoms with Gasteiger partial charge in [-0.25, -0.2) is 0 Å². The summed E-state index contributed by atoms with van der Waals surface area (Å²) in [6, 6.07) is 6.19. The average molecular weight is 401 g/mol. The van der Waals surface area contributed by atoms with E-state index in [4.69, 9.17) is 23.2 Å². The van der Waals surface area contributed by atoms with E-state index in [2.05, 4.69) is 15.5 Å². The number of rotatable bonds is 8. The Kier molecular flexibility index (Phi) is 6.06. The lowest BCUT2D eigenvalue weighted by Gasteiger charge is -2.17. The van der Waals surface area contributed by atoms with E-state index in [1.807, 2.05) is 13.8 Å². The highest BCUT2D eigenvalue weighted by atomic mass is 16.5. The van der Waals surface area contributed by atoms with Gasteiger partial charge in [0, 0.05) is 5.56 Å². The molecule has 3 aromatic rings. The molecule has 0 aliphatic heterocycles. The Morgan fingerprint density at radius 2 is 1.79 bits per heavy atom. The van der Waals surface area contributed by atoms with Crippen LogP contribution in [0, 0.1) is 5.92 Å². The zero-order valence-corrected chi connectivity index (χ0v) is 16.9. The smallest absolute Gasteiger partial charge is 0.287 e. The largest absolute Gasteiger partial charge is 0.493 e. The maximum absolute atomic E-state index is 12.4. The van der Waals surface area contributed by atoms with Crippen molar-refractivity contribution in [3.05, 3.63) is 42.2 Å². The monoisotopic (exact) mass is 401 g/mol. The molecule has 9 heteroatoms. The molecule has 154 valence electrons. The number of nitrogens with one attached hydrogen (secondary N) is 1. The van der Waals surface area contributed by atoms with Crippen LogP contribution in [0.1, 0.15) is 36.3 Å². The summed E-state index contributed by atoms with van der Waals surface area (Å²) >= 11 is 0. The van der Waals surface area contributed by atoms with E-state index in [0.717, 1.165) is 0 Å². The number of nitrogens with zero attached hydrogens (tertiary/aromatic N) is 2. The zero-order chi connectivity index (χ0) is 21.0. The summed E-state index contributed by atoms with van der Waals surface area (Å²) in [5, 5.41) is 6.92. The van der Waals surface area contributed by atoms with Crippen LogP contribution in [0.15, 0.2) is 39.5 Å². The summed E-state index contributed by atoms with van der Waals surface area (Å²) in [4.78, 5) is 16.8. The minimum atomic E-state index is -0.490. The third-order valence-corrected chi connectivity index (χ3v) is 4.33. The van der Waals surface area contributed by atoms with Gasteiger partial charge >= 0.3 is 0 Å². The Morgan fingerprint density at radius 3 is 2.31 bits per heavy atom. The molecular weight excluding hydrogens is 378 g/mol. The van der Waals surface area contributed by atoms with Crippen LogP contribution >= 0.6 is 0 Å². The van der Waals surface area contributed by atoms with Crippen molar-refractivity contribution in [3.63, 3.8) is 0 Å². The molecule has 2 heterocycles. The third-order valence-electron chi connectivity index (χ3n) is 4.33. The number of benzene rings is 1. The molecule has 0 saturated carbocycles. The van der Waals surface area contributed by atoms with Crippen molar-refractivity contribution in [2.45, 2.75) is 19.9 Å². The molecular formula is C20H23N3O6. The van der Waals surface area contributed by atoms with Crippen molar-refractivity contribution in [3.8, 4) is 28.6 Å². The summed E-state index contributed by atoms with van der Waals surface area (Å²) in [5.74, 6) is 1.87. The van der Waals surface area contributed by atoms with Gasteiger partial charge in [-0.3, -0.25) is 4.79 Å². The summed E-state index contributed by atoms with van der Waals surface area (Å²) in [6.45, 7) is 3.88. The predicted octanol–water partition coefficient (Wildman–Crippen LogP) is 3.48. The number of hydrogen-bond acceptors (Lipinski definition) is 8. The van der Waals surface area contributed by atoms with Crippen molar-refractivity contribution >= 4 is 5.91 Å². The molecule has 29 heavy (non-hydrogen) atoms. The molecule has 1 atom stereocenters. The quantitative estimate of drug-likeness (QED) is 0.611. The fourth-order valence-corrected chi connectivity index (χ4v) is 2.82. The zero-order valence-electron chi connectivity index (χ0n) is 16.9. The van der Waals surface area contributed by atoms with Crippen molar-refractivity contribution in [1.82, 2.24) is 15.5 Å². The predicted molar refractivity (Wildman–Crippen MR) is 103 cm³/mol. The van der Waals surface area contributed by atoms with Gasteiger partial charge in [0.1, 0.15) is 6.04 Å². The van der Waals surface area contributed by atoms with E-state index in [9.17, 15) is 4.79 Å². The van der Waals surface area contributed by atoms with E-state index in [0.29, 0.717) is 28.6 Å². The van der Waals surface area contributed by atoms with Gasteiger partial charge in [-0.05, 0) is 30.2 Å². The lowest BCUT2D eigenvalue weighted by Crippen LogP contribution is -2.31. The summed E-state index contributed by atoms with van der Waals surface area (Å²) in [6.07, 6.45) is 1.44. The number of hydrogen-bond donors (Lipinski definition) is 1. The molecule has 0 bridgehead atoms. The molecule has 1 amide bonds. The highest BCUT2D eigenvalue weighted by molar-refractivity contribution is 5.91. The van der Waals surface area contributed by atoms with Gasteiger partial charge in [0.05, 0.1) is 27.6 Å². The Bertz CT molecular complexity index is 940. The van der Waals surface area contributed by atoms with Crippen LogP contribution in [0.3, 0.4) is 0 Å². The maximum Gasteiger partial charge on any atom is 0.287 e. The highest BCUT2D eigenvalue weighted by Crippen LogP contribution is 2.40. The molecule has 0 fully saturated rings. The standard InChI is InChI=1S/C20H23N3O6/c1-11(2)16(21-19(24)13-7-6-8-28-13)20-22-18(23-29-20)12-9-14(25-3)17(27-5)15(10-12)26-4/h6-11,16H,1-5H3,(H,21,24)/t16-/m0/s1. The SMILES string of the molecule is COc1cc(-c2noc([C@@H](NC(=O)c3ccco3)C(C)C)n2)cc(OC)c1OC. The Hall–Kier alpha value is -3.49. The molecule has 0 unspecified atom stereocenters. The van der Waals surface area contributed by atoms with Gasteiger partial charge < -0.3 is 28.5 Å². The molecule has 0 saturated heterocycles. The van der Waals surface area contributed by atoms with Crippen LogP contribution in [0.25, 0.3) is 11.4 Å². The van der Waals surface area contributed by atoms with E-state index in [1.165, 1.54) is 27.6 Å². The topological polar surface area (TPSA) is 109 Å². The molecule has 0 spiro atoms. The third kappa shape index (κ3) is 4.18. The molecule has 1 N–H and O–H groups in total. The number of furan rings is 1. The first kappa shape index (κ1) is 20.2. The number of ether oxygens (including phenoxy) is 3. The van der Waals surface area contributed by atoms with Crippen molar-refractivity contribution in [2.24, 2.45) is 5.92 Å². The van der Waals surface area contributed by atoms with E-state index in [-0.39, 0.29) is 23.5 Å². The molecule has 0 aliphatic rings. The lowest BCUT2D eigenvalue weighted by atomic mass is 10.0. The second kappa shape index (κ2) is 8.68. The second-order valence-electron chi connectivity index (χ2n) is 6.54. The minimum Gasteiger partial charge on any atom is -0.493 e. The number of aromatic nitrogens is 2. The van der Waals surface area contributed by atoms with Crippen LogP contribution in [0.2, 0.25) is 0 Å². The van der Waals surface area contributed by atoms with Gasteiger partial charge in [0.2, 0.25) is 17.5 Å². The first-order chi connectivity index (χ1) is 14.0. The molecule has 0 radical (unpaired) electrons. The van der Waals surface area contributed by atoms with Crippen molar-refractivity contribution < 1.29 is 27.9 Å². The average Bonchev–Trinajstić information content (AvgIpc) is 3.42. The minimum absolute atomic E-state index is 0.00199. The van der Waals surface area contributed by atoms with Crippen LogP contribution in [-0.4, -0.2) is 37.4 Å². The Labute approximate surface area is 167 Å². The Balaban J connectivity index is 1.91. The number of carbonyl (C=O) groups excluding carboxylic acids is 1. The van der Waals surface area contributed by atoms with E-state index in [1.54, 1.807) is 24.3 Å². The summed E-state index contributed by atoms with van der Waals surface area (Å²) in [5.41, 5.74) is 0.620. The molecule has 3 rings (SSSR count). The number of carbonyl (C=O) groups is 1. The van der Waals surface area contributed by atoms with Gasteiger partial charge in [0.25, 0.3) is 5.91 Å². The van der Waals surface area contributed by atoms with Crippen LogP contribution in [-0.2, 0) is 0 Å². The van der Waals surface area contributed by atoms with E-state index < -0.39 is 6.04 Å². The molecule has 0 aliphatic carbocycles. The normalized spacial score (nSPS) is 11.9. The highest BCUT2D eigenvalue weighted by Gasteiger charge is 2.27. The van der Waals surface area contributed by atoms with Crippen molar-refractivity contribution in [2.75, 3.05) is 21.3 Å². The fourth-order valence-electron chi connectivity index (χ4n) is 2.82. The fraction of sp³-hybridized carbons (Fsp3) is 0.350. The Morgan fingerprint density at radius 1 is 1.10 bits per heavy atom. The van der Waals surface area contributed by atoms with Gasteiger partial charge in [-0.15, -0.1) is 0 Å². The van der Waals surface area contributed by atoms with Crippen LogP contribution in [0.4, 0.5) is 0 Å². The first-order valence-corrected chi connectivity index (χ1v) is 8.96. The van der Waals surface area contributed by atoms with Crippen molar-refractivity contribution in [1.29, 1.82) is 0 Å². The molecule has 1 aromatic carbocycles. The van der Waals surface area contributed by atoms with Gasteiger partial charge in [-0.1, -0.05) is 19.0 Å². The first-order valence-electron chi connectivity index (χ1n) is 8.96. The lowest BCUT2D eigenvalue weighted by molar-refractivity contribution is 0.0885. The van der Waals surface area contributed by atoms with E-state index >= 15 is 0 Å². The molecule has 2 aromatic heterocycles. The summed E-state index contributed by atoms with van der Waals surface area (Å²) in [7, 11) is 4.59. The van der Waals surface area contributed by atoms with Crippen LogP contribution in [0.5, 0.6) is 17.2 Å².